The number of carbonyl (C=O) groups is 1. The molecule has 1 amide bonds. The number of methoxy groups -OCH3 is 2. The van der Waals surface area contributed by atoms with Gasteiger partial charge in [0.05, 0.1) is 24.9 Å². The molecule has 0 radical (unpaired) electrons. The predicted molar refractivity (Wildman–Crippen MR) is 115 cm³/mol. The number of fused-ring (bicyclic) bond motifs is 1. The normalized spacial score (nSPS) is 15.2. The first kappa shape index (κ1) is 19.2. The van der Waals surface area contributed by atoms with Gasteiger partial charge in [-0.1, -0.05) is 48.0 Å². The van der Waals surface area contributed by atoms with Crippen molar-refractivity contribution in [1.82, 2.24) is 0 Å². The lowest BCUT2D eigenvalue weighted by Gasteiger charge is -2.29. The highest BCUT2D eigenvalue weighted by Gasteiger charge is 2.38. The molecule has 5 nitrogen and oxygen atoms in total. The van der Waals surface area contributed by atoms with E-state index in [0.717, 1.165) is 16.8 Å². The quantitative estimate of drug-likeness (QED) is 0.611. The number of carbonyl (C=O) groups excluding carboxylic acids is 1. The average Bonchev–Trinajstić information content (AvgIpc) is 3.01. The van der Waals surface area contributed by atoms with E-state index in [9.17, 15) is 4.79 Å². The zero-order valence-electron chi connectivity index (χ0n) is 16.4. The minimum Gasteiger partial charge on any atom is -0.495 e. The molecule has 0 saturated carbocycles. The van der Waals surface area contributed by atoms with Crippen LogP contribution in [-0.2, 0) is 0 Å². The molecule has 1 heterocycles. The summed E-state index contributed by atoms with van der Waals surface area (Å²) in [6.45, 7) is 1.99. The summed E-state index contributed by atoms with van der Waals surface area (Å²) in [6.07, 6.45) is -0.404. The third kappa shape index (κ3) is 3.28. The Morgan fingerprint density at radius 2 is 1.66 bits per heavy atom. The molecular weight excluding hydrogens is 388 g/mol. The fourth-order valence-corrected chi connectivity index (χ4v) is 3.90. The van der Waals surface area contributed by atoms with E-state index in [0.29, 0.717) is 27.8 Å². The van der Waals surface area contributed by atoms with Crippen molar-refractivity contribution in [1.29, 1.82) is 0 Å². The third-order valence-corrected chi connectivity index (χ3v) is 5.40. The fourth-order valence-electron chi connectivity index (χ4n) is 3.66. The second-order valence-corrected chi connectivity index (χ2v) is 7.19. The second kappa shape index (κ2) is 7.68. The number of hydrogen-bond donors (Lipinski definition) is 1. The first-order valence-corrected chi connectivity index (χ1v) is 9.59. The van der Waals surface area contributed by atoms with Crippen LogP contribution in [0.25, 0.3) is 0 Å². The Labute approximate surface area is 174 Å². The van der Waals surface area contributed by atoms with Crippen LogP contribution in [0.2, 0.25) is 5.02 Å². The molecule has 0 bridgehead atoms. The smallest absolute Gasteiger partial charge is 0.260 e. The molecule has 0 spiro atoms. The van der Waals surface area contributed by atoms with Crippen LogP contribution in [0.4, 0.5) is 11.4 Å². The van der Waals surface area contributed by atoms with Crippen molar-refractivity contribution in [3.63, 3.8) is 0 Å². The molecule has 148 valence electrons. The summed E-state index contributed by atoms with van der Waals surface area (Å²) < 4.78 is 10.8. The molecular formula is C23H21ClN2O3. The molecule has 1 aliphatic heterocycles. The van der Waals surface area contributed by atoms with Gasteiger partial charge in [-0.05, 0) is 30.7 Å². The van der Waals surface area contributed by atoms with E-state index < -0.39 is 6.17 Å². The van der Waals surface area contributed by atoms with E-state index >= 15 is 0 Å². The van der Waals surface area contributed by atoms with E-state index in [-0.39, 0.29) is 5.91 Å². The Kier molecular flexibility index (Phi) is 5.07. The number of anilines is 2. The van der Waals surface area contributed by atoms with E-state index in [1.165, 1.54) is 0 Å². The van der Waals surface area contributed by atoms with Crippen molar-refractivity contribution in [2.75, 3.05) is 24.4 Å². The van der Waals surface area contributed by atoms with Gasteiger partial charge in [0, 0.05) is 22.9 Å². The van der Waals surface area contributed by atoms with Crippen molar-refractivity contribution in [2.45, 2.75) is 13.1 Å². The molecule has 1 unspecified atom stereocenters. The largest absolute Gasteiger partial charge is 0.495 e. The summed E-state index contributed by atoms with van der Waals surface area (Å²) in [5.41, 5.74) is 4.11. The Morgan fingerprint density at radius 1 is 0.966 bits per heavy atom. The number of nitrogens with zero attached hydrogens (tertiary/aromatic N) is 1. The van der Waals surface area contributed by atoms with Crippen LogP contribution in [0.1, 0.15) is 27.7 Å². The number of ether oxygens (including phenoxy) is 2. The number of amides is 1. The topological polar surface area (TPSA) is 50.8 Å². The molecule has 1 atom stereocenters. The van der Waals surface area contributed by atoms with Crippen LogP contribution in [0.3, 0.4) is 0 Å². The van der Waals surface area contributed by atoms with Gasteiger partial charge in [0.25, 0.3) is 5.91 Å². The van der Waals surface area contributed by atoms with E-state index in [4.69, 9.17) is 21.1 Å². The molecule has 3 aromatic carbocycles. The average molecular weight is 409 g/mol. The van der Waals surface area contributed by atoms with Crippen LogP contribution in [0, 0.1) is 6.92 Å². The summed E-state index contributed by atoms with van der Waals surface area (Å²) in [4.78, 5) is 15.1. The lowest BCUT2D eigenvalue weighted by Crippen LogP contribution is -2.32. The van der Waals surface area contributed by atoms with Crippen molar-refractivity contribution in [3.05, 3.63) is 82.4 Å². The van der Waals surface area contributed by atoms with Crippen molar-refractivity contribution in [3.8, 4) is 11.5 Å². The Bertz CT molecular complexity index is 1080. The monoisotopic (exact) mass is 408 g/mol. The predicted octanol–water partition coefficient (Wildman–Crippen LogP) is 5.44. The fraction of sp³-hybridized carbons (Fsp3) is 0.174. The van der Waals surface area contributed by atoms with Gasteiger partial charge >= 0.3 is 0 Å². The number of halogens is 1. The molecule has 0 saturated heterocycles. The third-order valence-electron chi connectivity index (χ3n) is 5.10. The van der Waals surface area contributed by atoms with Crippen LogP contribution >= 0.6 is 11.6 Å². The first-order chi connectivity index (χ1) is 14.0. The highest BCUT2D eigenvalue weighted by Crippen LogP contribution is 2.42. The van der Waals surface area contributed by atoms with Crippen molar-refractivity contribution >= 4 is 28.9 Å². The molecule has 1 aliphatic rings. The standard InChI is InChI=1S/C23H21ClN2O3/c1-14-8-4-7-11-19(14)26-22(15-9-5-6-10-16(15)23(26)27)25-18-12-17(24)20(28-2)13-21(18)29-3/h4-13,22,25H,1-3H3. The van der Waals surface area contributed by atoms with Gasteiger partial charge in [-0.2, -0.15) is 0 Å². The number of hydrogen-bond acceptors (Lipinski definition) is 4. The minimum atomic E-state index is -0.404. The SMILES string of the molecule is COc1cc(OC)c(NC2c3ccccc3C(=O)N2c2ccccc2C)cc1Cl. The molecule has 1 N–H and O–H groups in total. The lowest BCUT2D eigenvalue weighted by molar-refractivity contribution is 0.0992. The van der Waals surface area contributed by atoms with Gasteiger partial charge in [0.2, 0.25) is 0 Å². The highest BCUT2D eigenvalue weighted by molar-refractivity contribution is 6.32. The summed E-state index contributed by atoms with van der Waals surface area (Å²) >= 11 is 6.35. The summed E-state index contributed by atoms with van der Waals surface area (Å²) in [5, 5.41) is 3.91. The number of para-hydroxylation sites is 1. The maximum atomic E-state index is 13.3. The van der Waals surface area contributed by atoms with Crippen LogP contribution < -0.4 is 19.7 Å². The van der Waals surface area contributed by atoms with Gasteiger partial charge in [0.1, 0.15) is 17.7 Å². The maximum absolute atomic E-state index is 13.3. The number of nitrogens with one attached hydrogen (secondary N) is 1. The van der Waals surface area contributed by atoms with E-state index in [2.05, 4.69) is 5.32 Å². The lowest BCUT2D eigenvalue weighted by atomic mass is 10.1. The van der Waals surface area contributed by atoms with Gasteiger partial charge in [0.15, 0.2) is 0 Å². The van der Waals surface area contributed by atoms with Crippen molar-refractivity contribution in [2.24, 2.45) is 0 Å². The van der Waals surface area contributed by atoms with Gasteiger partial charge in [-0.3, -0.25) is 9.69 Å². The van der Waals surface area contributed by atoms with Gasteiger partial charge in [-0.25, -0.2) is 0 Å². The van der Waals surface area contributed by atoms with Gasteiger partial charge < -0.3 is 14.8 Å². The van der Waals surface area contributed by atoms with Crippen LogP contribution in [0.5, 0.6) is 11.5 Å². The molecule has 0 aliphatic carbocycles. The number of benzene rings is 3. The Balaban J connectivity index is 1.83. The Hall–Kier alpha value is -3.18. The molecule has 0 fully saturated rings. The minimum absolute atomic E-state index is 0.0500. The van der Waals surface area contributed by atoms with Crippen LogP contribution in [-0.4, -0.2) is 20.1 Å². The van der Waals surface area contributed by atoms with Crippen molar-refractivity contribution < 1.29 is 14.3 Å². The Morgan fingerprint density at radius 3 is 2.38 bits per heavy atom. The zero-order chi connectivity index (χ0) is 20.5. The summed E-state index contributed by atoms with van der Waals surface area (Å²) in [5.74, 6) is 1.05. The summed E-state index contributed by atoms with van der Waals surface area (Å²) in [7, 11) is 3.14. The van der Waals surface area contributed by atoms with Gasteiger partial charge in [-0.15, -0.1) is 0 Å². The molecule has 0 aromatic heterocycles. The zero-order valence-corrected chi connectivity index (χ0v) is 17.2. The second-order valence-electron chi connectivity index (χ2n) is 6.78. The molecule has 29 heavy (non-hydrogen) atoms. The molecule has 6 heteroatoms. The number of rotatable bonds is 5. The summed E-state index contributed by atoms with van der Waals surface area (Å²) in [6, 6.07) is 18.9. The molecule has 3 aromatic rings. The maximum Gasteiger partial charge on any atom is 0.260 e. The highest BCUT2D eigenvalue weighted by atomic mass is 35.5. The van der Waals surface area contributed by atoms with E-state index in [1.54, 1.807) is 31.3 Å². The number of aryl methyl sites for hydroxylation is 1. The van der Waals surface area contributed by atoms with Crippen LogP contribution in [0.15, 0.2) is 60.7 Å². The van der Waals surface area contributed by atoms with E-state index in [1.807, 2.05) is 55.5 Å². The first-order valence-electron chi connectivity index (χ1n) is 9.21. The molecule has 4 rings (SSSR count).